The molecule has 3 N–H and O–H groups in total. The maximum atomic E-state index is 11.5. The average molecular weight is 336 g/mol. The van der Waals surface area contributed by atoms with Gasteiger partial charge in [0, 0.05) is 24.2 Å². The van der Waals surface area contributed by atoms with Gasteiger partial charge in [0.1, 0.15) is 0 Å². The molecule has 3 atom stereocenters. The summed E-state index contributed by atoms with van der Waals surface area (Å²) in [6.07, 6.45) is 3.65. The summed E-state index contributed by atoms with van der Waals surface area (Å²) in [6, 6.07) is 18.5. The Kier molecular flexibility index (Phi) is 4.10. The molecule has 130 valence electrons. The van der Waals surface area contributed by atoms with E-state index in [0.717, 1.165) is 24.9 Å². The van der Waals surface area contributed by atoms with E-state index < -0.39 is 11.5 Å². The highest BCUT2D eigenvalue weighted by Crippen LogP contribution is 2.46. The highest BCUT2D eigenvalue weighted by molar-refractivity contribution is 5.92. The number of piperidine rings is 1. The van der Waals surface area contributed by atoms with Gasteiger partial charge in [-0.2, -0.15) is 0 Å². The summed E-state index contributed by atoms with van der Waals surface area (Å²) in [7, 11) is 0. The molecule has 1 amide bonds. The summed E-state index contributed by atoms with van der Waals surface area (Å²) >= 11 is 0. The van der Waals surface area contributed by atoms with Crippen molar-refractivity contribution < 1.29 is 9.90 Å². The van der Waals surface area contributed by atoms with Gasteiger partial charge in [-0.25, -0.2) is 0 Å². The van der Waals surface area contributed by atoms with Gasteiger partial charge in [0.25, 0.3) is 0 Å². The van der Waals surface area contributed by atoms with Crippen LogP contribution in [-0.2, 0) is 12.1 Å². The number of amides is 1. The third kappa shape index (κ3) is 3.08. The minimum Gasteiger partial charge on any atom is -0.385 e. The number of hydrogen-bond acceptors (Lipinski definition) is 3. The molecule has 2 fully saturated rings. The second kappa shape index (κ2) is 6.28. The SMILES string of the molecule is NC(=O)c1cccc(C2(O)C[C@H]3CC[C@@H](C2)N3Cc2ccccc2)c1. The fourth-order valence-electron chi connectivity index (χ4n) is 4.57. The van der Waals surface area contributed by atoms with Gasteiger partial charge in [-0.3, -0.25) is 9.69 Å². The molecule has 2 heterocycles. The van der Waals surface area contributed by atoms with Crippen molar-refractivity contribution in [1.29, 1.82) is 0 Å². The van der Waals surface area contributed by atoms with Crippen LogP contribution in [0.5, 0.6) is 0 Å². The summed E-state index contributed by atoms with van der Waals surface area (Å²) < 4.78 is 0. The van der Waals surface area contributed by atoms with Crippen LogP contribution < -0.4 is 5.73 Å². The standard InChI is InChI=1S/C21H24N2O2/c22-20(24)16-7-4-8-17(11-16)21(25)12-18-9-10-19(13-21)23(18)14-15-5-2-1-3-6-15/h1-8,11,18-19,25H,9-10,12-14H2,(H2,22,24)/t18-,19+,21?. The molecule has 0 aliphatic carbocycles. The van der Waals surface area contributed by atoms with Gasteiger partial charge in [-0.05, 0) is 48.9 Å². The molecule has 4 heteroatoms. The predicted molar refractivity (Wildman–Crippen MR) is 96.9 cm³/mol. The van der Waals surface area contributed by atoms with Crippen LogP contribution in [0.2, 0.25) is 0 Å². The topological polar surface area (TPSA) is 66.6 Å². The lowest BCUT2D eigenvalue weighted by Crippen LogP contribution is -2.49. The summed E-state index contributed by atoms with van der Waals surface area (Å²) in [5.41, 5.74) is 7.13. The van der Waals surface area contributed by atoms with Crippen LogP contribution in [0, 0.1) is 0 Å². The fourth-order valence-corrected chi connectivity index (χ4v) is 4.57. The molecular weight excluding hydrogens is 312 g/mol. The van der Waals surface area contributed by atoms with Crippen LogP contribution in [0.3, 0.4) is 0 Å². The van der Waals surface area contributed by atoms with E-state index >= 15 is 0 Å². The third-order valence-corrected chi connectivity index (χ3v) is 5.81. The van der Waals surface area contributed by atoms with Crippen molar-refractivity contribution in [2.45, 2.75) is 49.9 Å². The third-order valence-electron chi connectivity index (χ3n) is 5.81. The van der Waals surface area contributed by atoms with Crippen molar-refractivity contribution in [2.75, 3.05) is 0 Å². The smallest absolute Gasteiger partial charge is 0.248 e. The van der Waals surface area contributed by atoms with E-state index in [9.17, 15) is 9.90 Å². The largest absolute Gasteiger partial charge is 0.385 e. The second-order valence-electron chi connectivity index (χ2n) is 7.43. The van der Waals surface area contributed by atoms with Gasteiger partial charge in [0.2, 0.25) is 5.91 Å². The summed E-state index contributed by atoms with van der Waals surface area (Å²) in [6.45, 7) is 0.938. The van der Waals surface area contributed by atoms with Gasteiger partial charge in [-0.15, -0.1) is 0 Å². The molecule has 2 aliphatic heterocycles. The van der Waals surface area contributed by atoms with Crippen molar-refractivity contribution in [1.82, 2.24) is 4.90 Å². The Bertz CT molecular complexity index is 760. The minimum absolute atomic E-state index is 0.376. The van der Waals surface area contributed by atoms with E-state index in [1.54, 1.807) is 12.1 Å². The fraction of sp³-hybridized carbons (Fsp3) is 0.381. The highest BCUT2D eigenvalue weighted by Gasteiger charge is 2.48. The number of carbonyl (C=O) groups is 1. The number of nitrogens with zero attached hydrogens (tertiary/aromatic N) is 1. The van der Waals surface area contributed by atoms with Crippen LogP contribution in [0.1, 0.15) is 47.2 Å². The van der Waals surface area contributed by atoms with Crippen molar-refractivity contribution in [3.05, 3.63) is 71.3 Å². The maximum absolute atomic E-state index is 11.5. The van der Waals surface area contributed by atoms with Crippen molar-refractivity contribution >= 4 is 5.91 Å². The first kappa shape index (κ1) is 16.3. The molecule has 2 saturated heterocycles. The van der Waals surface area contributed by atoms with Gasteiger partial charge < -0.3 is 10.8 Å². The first-order chi connectivity index (χ1) is 12.0. The number of primary amides is 1. The van der Waals surface area contributed by atoms with E-state index in [4.69, 9.17) is 5.73 Å². The van der Waals surface area contributed by atoms with Crippen LogP contribution in [-0.4, -0.2) is 28.0 Å². The number of aliphatic hydroxyl groups is 1. The maximum Gasteiger partial charge on any atom is 0.248 e. The average Bonchev–Trinajstić information content (AvgIpc) is 2.87. The molecule has 1 unspecified atom stereocenters. The lowest BCUT2D eigenvalue weighted by Gasteiger charge is -2.44. The Balaban J connectivity index is 1.56. The van der Waals surface area contributed by atoms with Crippen LogP contribution in [0.4, 0.5) is 0 Å². The molecule has 2 bridgehead atoms. The molecule has 2 aromatic carbocycles. The Morgan fingerprint density at radius 2 is 1.76 bits per heavy atom. The van der Waals surface area contributed by atoms with Crippen LogP contribution in [0.25, 0.3) is 0 Å². The number of nitrogens with two attached hydrogens (primary N) is 1. The number of carbonyl (C=O) groups excluding carboxylic acids is 1. The highest BCUT2D eigenvalue weighted by atomic mass is 16.3. The molecule has 25 heavy (non-hydrogen) atoms. The van der Waals surface area contributed by atoms with E-state index in [1.165, 1.54) is 5.56 Å². The minimum atomic E-state index is -0.871. The zero-order valence-corrected chi connectivity index (χ0v) is 14.3. The van der Waals surface area contributed by atoms with E-state index in [1.807, 2.05) is 18.2 Å². The van der Waals surface area contributed by atoms with Crippen molar-refractivity contribution in [2.24, 2.45) is 5.73 Å². The first-order valence-corrected chi connectivity index (χ1v) is 8.97. The molecule has 0 aromatic heterocycles. The van der Waals surface area contributed by atoms with Gasteiger partial charge >= 0.3 is 0 Å². The van der Waals surface area contributed by atoms with Crippen molar-refractivity contribution in [3.63, 3.8) is 0 Å². The summed E-state index contributed by atoms with van der Waals surface area (Å²) in [5, 5.41) is 11.3. The molecule has 0 radical (unpaired) electrons. The Morgan fingerprint density at radius 3 is 2.40 bits per heavy atom. The molecule has 2 aliphatic rings. The van der Waals surface area contributed by atoms with Gasteiger partial charge in [0.15, 0.2) is 0 Å². The lowest BCUT2D eigenvalue weighted by atomic mass is 9.80. The van der Waals surface area contributed by atoms with Gasteiger partial charge in [-0.1, -0.05) is 42.5 Å². The zero-order chi connectivity index (χ0) is 17.4. The Labute approximate surface area is 148 Å². The summed E-state index contributed by atoms with van der Waals surface area (Å²) in [5.74, 6) is -0.449. The number of benzene rings is 2. The van der Waals surface area contributed by atoms with Crippen molar-refractivity contribution in [3.8, 4) is 0 Å². The second-order valence-corrected chi connectivity index (χ2v) is 7.43. The number of rotatable bonds is 4. The monoisotopic (exact) mass is 336 g/mol. The predicted octanol–water partition coefficient (Wildman–Crippen LogP) is 2.80. The van der Waals surface area contributed by atoms with E-state index in [0.29, 0.717) is 30.5 Å². The Morgan fingerprint density at radius 1 is 1.08 bits per heavy atom. The van der Waals surface area contributed by atoms with E-state index in [2.05, 4.69) is 29.2 Å². The zero-order valence-electron chi connectivity index (χ0n) is 14.3. The molecule has 0 saturated carbocycles. The normalized spacial score (nSPS) is 28.8. The van der Waals surface area contributed by atoms with Crippen LogP contribution in [0.15, 0.2) is 54.6 Å². The number of fused-ring (bicyclic) bond motifs is 2. The first-order valence-electron chi connectivity index (χ1n) is 8.97. The Hall–Kier alpha value is -2.17. The molecule has 0 spiro atoms. The summed E-state index contributed by atoms with van der Waals surface area (Å²) in [4.78, 5) is 14.0. The van der Waals surface area contributed by atoms with Gasteiger partial charge in [0.05, 0.1) is 5.60 Å². The molecule has 4 nitrogen and oxygen atoms in total. The lowest BCUT2D eigenvalue weighted by molar-refractivity contribution is -0.0595. The molecular formula is C21H24N2O2. The molecule has 2 aromatic rings. The van der Waals surface area contributed by atoms with Crippen LogP contribution >= 0.6 is 0 Å². The quantitative estimate of drug-likeness (QED) is 0.902. The molecule has 4 rings (SSSR count). The number of hydrogen-bond donors (Lipinski definition) is 2. The van der Waals surface area contributed by atoms with E-state index in [-0.39, 0.29) is 0 Å².